The van der Waals surface area contributed by atoms with Crippen LogP contribution in [0.15, 0.2) is 30.4 Å². The van der Waals surface area contributed by atoms with E-state index in [9.17, 15) is 8.78 Å². The van der Waals surface area contributed by atoms with Gasteiger partial charge in [0.05, 0.1) is 0 Å². The van der Waals surface area contributed by atoms with Crippen molar-refractivity contribution < 1.29 is 8.78 Å². The molecule has 3 heteroatoms. The van der Waals surface area contributed by atoms with Gasteiger partial charge < -0.3 is 5.73 Å². The summed E-state index contributed by atoms with van der Waals surface area (Å²) in [6.07, 6.45) is 5.94. The summed E-state index contributed by atoms with van der Waals surface area (Å²) >= 11 is 0. The Balaban J connectivity index is 3.54. The lowest BCUT2D eigenvalue weighted by molar-refractivity contribution is 0.489. The molecule has 0 aromatic heterocycles. The van der Waals surface area contributed by atoms with E-state index in [0.29, 0.717) is 16.8 Å². The highest BCUT2D eigenvalue weighted by Crippen LogP contribution is 2.34. The molecule has 0 aliphatic carbocycles. The van der Waals surface area contributed by atoms with Crippen LogP contribution in [0.25, 0.3) is 5.70 Å². The van der Waals surface area contributed by atoms with Crippen molar-refractivity contribution in [2.24, 2.45) is 5.73 Å². The Labute approximate surface area is 113 Å². The second-order valence-electron chi connectivity index (χ2n) is 5.20. The summed E-state index contributed by atoms with van der Waals surface area (Å²) in [7, 11) is 0. The van der Waals surface area contributed by atoms with Crippen LogP contribution >= 0.6 is 0 Å². The van der Waals surface area contributed by atoms with E-state index in [2.05, 4.69) is 0 Å². The summed E-state index contributed by atoms with van der Waals surface area (Å²) in [5.74, 6) is -1.19. The topological polar surface area (TPSA) is 26.0 Å². The van der Waals surface area contributed by atoms with Gasteiger partial charge in [-0.1, -0.05) is 32.9 Å². The molecule has 0 bridgehead atoms. The monoisotopic (exact) mass is 265 g/mol. The zero-order chi connectivity index (χ0) is 14.6. The number of rotatable bonds is 4. The predicted octanol–water partition coefficient (Wildman–Crippen LogP) is 4.53. The zero-order valence-corrected chi connectivity index (χ0v) is 11.9. The first-order valence-corrected chi connectivity index (χ1v) is 6.41. The molecule has 1 rings (SSSR count). The van der Waals surface area contributed by atoms with E-state index in [1.807, 2.05) is 27.7 Å². The third-order valence-corrected chi connectivity index (χ3v) is 3.42. The summed E-state index contributed by atoms with van der Waals surface area (Å²) < 4.78 is 27.5. The van der Waals surface area contributed by atoms with Gasteiger partial charge in [0.25, 0.3) is 0 Å². The van der Waals surface area contributed by atoms with E-state index < -0.39 is 11.6 Å². The fourth-order valence-corrected chi connectivity index (χ4v) is 1.87. The van der Waals surface area contributed by atoms with Gasteiger partial charge in [0.1, 0.15) is 11.6 Å². The van der Waals surface area contributed by atoms with Gasteiger partial charge in [0, 0.05) is 17.3 Å². The minimum absolute atomic E-state index is 0.298. The lowest BCUT2D eigenvalue weighted by Crippen LogP contribution is -2.20. The Bertz CT molecular complexity index is 514. The molecule has 0 spiro atoms. The number of nitrogens with two attached hydrogens (primary N) is 1. The normalized spacial score (nSPS) is 13.3. The molecule has 2 N–H and O–H groups in total. The lowest BCUT2D eigenvalue weighted by atomic mass is 9.78. The maximum absolute atomic E-state index is 14.1. The van der Waals surface area contributed by atoms with Crippen LogP contribution in [0.3, 0.4) is 0 Å². The average Bonchev–Trinajstić information content (AvgIpc) is 2.35. The second kappa shape index (κ2) is 6.00. The highest BCUT2D eigenvalue weighted by atomic mass is 19.1. The van der Waals surface area contributed by atoms with E-state index in [1.165, 1.54) is 6.07 Å². The van der Waals surface area contributed by atoms with Crippen LogP contribution in [0, 0.1) is 11.6 Å². The van der Waals surface area contributed by atoms with Gasteiger partial charge >= 0.3 is 0 Å². The van der Waals surface area contributed by atoms with Crippen molar-refractivity contribution in [2.75, 3.05) is 0 Å². The van der Waals surface area contributed by atoms with E-state index in [-0.39, 0.29) is 5.41 Å². The summed E-state index contributed by atoms with van der Waals surface area (Å²) in [5, 5.41) is 0. The molecule has 1 aromatic carbocycles. The minimum Gasteiger partial charge on any atom is -0.398 e. The molecule has 1 aromatic rings. The lowest BCUT2D eigenvalue weighted by Gasteiger charge is -2.27. The number of benzene rings is 1. The molecule has 0 aliphatic rings. The number of hydrogen-bond donors (Lipinski definition) is 1. The number of allylic oxidation sites excluding steroid dienone is 3. The Morgan fingerprint density at radius 1 is 1.32 bits per heavy atom. The molecule has 104 valence electrons. The zero-order valence-electron chi connectivity index (χ0n) is 11.9. The first-order valence-electron chi connectivity index (χ1n) is 6.41. The third-order valence-electron chi connectivity index (χ3n) is 3.42. The molecule has 0 atom stereocenters. The molecule has 0 unspecified atom stereocenters. The first-order chi connectivity index (χ1) is 8.83. The quantitative estimate of drug-likeness (QED) is 0.795. The summed E-state index contributed by atoms with van der Waals surface area (Å²) in [6.45, 7) is 7.74. The Kier molecular flexibility index (Phi) is 4.87. The van der Waals surface area contributed by atoms with E-state index in [0.717, 1.165) is 12.5 Å². The van der Waals surface area contributed by atoms with Crippen LogP contribution in [0.4, 0.5) is 8.78 Å². The molecular weight excluding hydrogens is 244 g/mol. The van der Waals surface area contributed by atoms with Crippen molar-refractivity contribution in [3.8, 4) is 0 Å². The maximum atomic E-state index is 14.1. The van der Waals surface area contributed by atoms with E-state index in [4.69, 9.17) is 5.73 Å². The smallest absolute Gasteiger partial charge is 0.135 e. The largest absolute Gasteiger partial charge is 0.398 e. The van der Waals surface area contributed by atoms with Crippen LogP contribution in [0.2, 0.25) is 0 Å². The molecule has 19 heavy (non-hydrogen) atoms. The Morgan fingerprint density at radius 3 is 2.47 bits per heavy atom. The Morgan fingerprint density at radius 2 is 1.95 bits per heavy atom. The van der Waals surface area contributed by atoms with Crippen molar-refractivity contribution in [2.45, 2.75) is 39.5 Å². The van der Waals surface area contributed by atoms with Gasteiger partial charge in [-0.25, -0.2) is 8.78 Å². The minimum atomic E-state index is -0.616. The van der Waals surface area contributed by atoms with Crippen molar-refractivity contribution >= 4 is 5.70 Å². The van der Waals surface area contributed by atoms with Gasteiger partial charge in [-0.3, -0.25) is 0 Å². The maximum Gasteiger partial charge on any atom is 0.135 e. The van der Waals surface area contributed by atoms with Crippen molar-refractivity contribution in [3.05, 3.63) is 53.1 Å². The predicted molar refractivity (Wildman–Crippen MR) is 76.7 cm³/mol. The van der Waals surface area contributed by atoms with Crippen LogP contribution in [0.5, 0.6) is 0 Å². The standard InChI is InChI=1S/C16H21F2N/c1-5-7-8-14(19)15-12(16(3,4)6-2)9-11(17)10-13(15)18/h5,7-10H,6,19H2,1-4H3/b7-5-,14-8-. The first kappa shape index (κ1) is 15.4. The average molecular weight is 265 g/mol. The fourth-order valence-electron chi connectivity index (χ4n) is 1.87. The van der Waals surface area contributed by atoms with E-state index in [1.54, 1.807) is 18.2 Å². The Hall–Kier alpha value is -1.64. The molecule has 0 radical (unpaired) electrons. The molecule has 0 heterocycles. The number of hydrogen-bond acceptors (Lipinski definition) is 1. The van der Waals surface area contributed by atoms with Crippen LogP contribution in [-0.2, 0) is 5.41 Å². The van der Waals surface area contributed by atoms with Gasteiger partial charge in [-0.05, 0) is 36.5 Å². The summed E-state index contributed by atoms with van der Waals surface area (Å²) in [5.41, 5.74) is 6.80. The summed E-state index contributed by atoms with van der Waals surface area (Å²) in [4.78, 5) is 0. The number of halogens is 2. The second-order valence-corrected chi connectivity index (χ2v) is 5.20. The van der Waals surface area contributed by atoms with Gasteiger partial charge in [0.2, 0.25) is 0 Å². The molecular formula is C16H21F2N. The highest BCUT2D eigenvalue weighted by Gasteiger charge is 2.25. The molecule has 0 saturated heterocycles. The van der Waals surface area contributed by atoms with Gasteiger partial charge in [0.15, 0.2) is 0 Å². The highest BCUT2D eigenvalue weighted by molar-refractivity contribution is 5.68. The molecule has 0 fully saturated rings. The fraction of sp³-hybridized carbons (Fsp3) is 0.375. The van der Waals surface area contributed by atoms with Gasteiger partial charge in [-0.2, -0.15) is 0 Å². The van der Waals surface area contributed by atoms with Gasteiger partial charge in [-0.15, -0.1) is 0 Å². The van der Waals surface area contributed by atoms with Crippen molar-refractivity contribution in [1.82, 2.24) is 0 Å². The summed E-state index contributed by atoms with van der Waals surface area (Å²) in [6, 6.07) is 2.25. The van der Waals surface area contributed by atoms with E-state index >= 15 is 0 Å². The molecule has 0 aliphatic heterocycles. The van der Waals surface area contributed by atoms with Crippen molar-refractivity contribution in [3.63, 3.8) is 0 Å². The molecule has 1 nitrogen and oxygen atoms in total. The molecule has 0 amide bonds. The third kappa shape index (κ3) is 3.43. The SMILES string of the molecule is C/C=C\C=C(/N)c1c(F)cc(F)cc1C(C)(C)CC. The molecule has 0 saturated carbocycles. The van der Waals surface area contributed by atoms with Crippen molar-refractivity contribution in [1.29, 1.82) is 0 Å². The van der Waals surface area contributed by atoms with Crippen LogP contribution in [0.1, 0.15) is 45.2 Å². The van der Waals surface area contributed by atoms with Crippen LogP contribution < -0.4 is 5.73 Å². The van der Waals surface area contributed by atoms with Crippen LogP contribution in [-0.4, -0.2) is 0 Å².